The van der Waals surface area contributed by atoms with E-state index >= 15 is 0 Å². The smallest absolute Gasteiger partial charge is 0.323 e. The van der Waals surface area contributed by atoms with Gasteiger partial charge in [-0.1, -0.05) is 12.1 Å². The highest BCUT2D eigenvalue weighted by molar-refractivity contribution is 5.96. The van der Waals surface area contributed by atoms with Crippen LogP contribution in [0, 0.1) is 5.92 Å². The average Bonchev–Trinajstić information content (AvgIpc) is 2.24. The lowest BCUT2D eigenvalue weighted by Gasteiger charge is -2.32. The summed E-state index contributed by atoms with van der Waals surface area (Å²) >= 11 is 0. The first kappa shape index (κ1) is 12.4. The van der Waals surface area contributed by atoms with Crippen molar-refractivity contribution in [1.29, 1.82) is 0 Å². The first-order chi connectivity index (χ1) is 8.37. The molecule has 1 fully saturated rings. The largest absolute Gasteiger partial charge is 0.422 e. The number of nitrogens with two attached hydrogens (primary N) is 1. The maximum absolute atomic E-state index is 11.7. The molecule has 96 valence electrons. The van der Waals surface area contributed by atoms with E-state index in [-0.39, 0.29) is 6.42 Å². The average molecular weight is 249 g/mol. The molecule has 18 heavy (non-hydrogen) atoms. The minimum Gasteiger partial charge on any atom is -0.422 e. The third kappa shape index (κ3) is 2.61. The fourth-order valence-corrected chi connectivity index (χ4v) is 1.80. The van der Waals surface area contributed by atoms with Crippen molar-refractivity contribution in [2.45, 2.75) is 26.1 Å². The lowest BCUT2D eigenvalue weighted by molar-refractivity contribution is -0.239. The third-order valence-electron chi connectivity index (χ3n) is 2.68. The highest BCUT2D eigenvalue weighted by atomic mass is 16.7. The highest BCUT2D eigenvalue weighted by Crippen LogP contribution is 2.25. The van der Waals surface area contributed by atoms with Crippen LogP contribution < -0.4 is 5.73 Å². The predicted octanol–water partition coefficient (Wildman–Crippen LogP) is 1.26. The van der Waals surface area contributed by atoms with Gasteiger partial charge in [-0.05, 0) is 24.1 Å². The lowest BCUT2D eigenvalue weighted by Crippen LogP contribution is -2.46. The van der Waals surface area contributed by atoms with E-state index in [1.54, 1.807) is 24.3 Å². The number of rotatable bonds is 2. The third-order valence-corrected chi connectivity index (χ3v) is 2.68. The summed E-state index contributed by atoms with van der Waals surface area (Å²) in [6, 6.07) is 6.99. The van der Waals surface area contributed by atoms with Crippen LogP contribution in [0.4, 0.5) is 5.69 Å². The van der Waals surface area contributed by atoms with Crippen molar-refractivity contribution in [3.8, 4) is 0 Å². The molecule has 0 radical (unpaired) electrons. The molecule has 1 aromatic carbocycles. The van der Waals surface area contributed by atoms with E-state index in [2.05, 4.69) is 0 Å². The first-order valence-corrected chi connectivity index (χ1v) is 5.67. The molecule has 0 aromatic heterocycles. The van der Waals surface area contributed by atoms with Crippen LogP contribution in [0.5, 0.6) is 0 Å². The van der Waals surface area contributed by atoms with Crippen LogP contribution in [0.3, 0.4) is 0 Å². The van der Waals surface area contributed by atoms with Crippen LogP contribution in [-0.2, 0) is 25.5 Å². The molecule has 2 rings (SSSR count). The summed E-state index contributed by atoms with van der Waals surface area (Å²) in [5.74, 6) is -3.17. The molecule has 5 nitrogen and oxygen atoms in total. The molecule has 1 aliphatic heterocycles. The lowest BCUT2D eigenvalue weighted by atomic mass is 9.98. The number of anilines is 1. The summed E-state index contributed by atoms with van der Waals surface area (Å²) in [4.78, 5) is 23.5. The molecule has 1 heterocycles. The molecule has 1 aromatic rings. The van der Waals surface area contributed by atoms with Crippen LogP contribution >= 0.6 is 0 Å². The summed E-state index contributed by atoms with van der Waals surface area (Å²) in [7, 11) is 0. The Hall–Kier alpha value is -2.04. The molecule has 5 heteroatoms. The Morgan fingerprint density at radius 3 is 2.11 bits per heavy atom. The van der Waals surface area contributed by atoms with Gasteiger partial charge in [0.2, 0.25) is 0 Å². The standard InChI is InChI=1S/C13H15NO4/c1-13(2)17-11(15)10(12(16)18-13)7-8-3-5-9(14)6-4-8/h3-6,10H,7,14H2,1-2H3. The maximum atomic E-state index is 11.7. The monoisotopic (exact) mass is 249 g/mol. The fourth-order valence-electron chi connectivity index (χ4n) is 1.80. The fraction of sp³-hybridized carbons (Fsp3) is 0.385. The van der Waals surface area contributed by atoms with Gasteiger partial charge in [0, 0.05) is 19.5 Å². The molecule has 0 amide bonds. The first-order valence-electron chi connectivity index (χ1n) is 5.67. The number of benzene rings is 1. The number of carbonyl (C=O) groups excluding carboxylic acids is 2. The predicted molar refractivity (Wildman–Crippen MR) is 64.3 cm³/mol. The van der Waals surface area contributed by atoms with Crippen molar-refractivity contribution in [3.63, 3.8) is 0 Å². The number of nitrogen functional groups attached to an aromatic ring is 1. The second-order valence-electron chi connectivity index (χ2n) is 4.74. The molecule has 0 unspecified atom stereocenters. The molecular weight excluding hydrogens is 234 g/mol. The molecule has 0 saturated carbocycles. The van der Waals surface area contributed by atoms with Gasteiger partial charge in [0.15, 0.2) is 5.92 Å². The van der Waals surface area contributed by atoms with E-state index in [1.807, 2.05) is 0 Å². The molecule has 0 aliphatic carbocycles. The Labute approximate surface area is 105 Å². The quantitative estimate of drug-likeness (QED) is 0.485. The Morgan fingerprint density at radius 2 is 1.61 bits per heavy atom. The molecule has 1 aliphatic rings. The zero-order valence-electron chi connectivity index (χ0n) is 10.3. The summed E-state index contributed by atoms with van der Waals surface area (Å²) in [5.41, 5.74) is 7.04. The van der Waals surface area contributed by atoms with E-state index in [0.29, 0.717) is 5.69 Å². The van der Waals surface area contributed by atoms with Crippen molar-refractivity contribution >= 4 is 17.6 Å². The van der Waals surface area contributed by atoms with Crippen molar-refractivity contribution in [2.24, 2.45) is 5.92 Å². The van der Waals surface area contributed by atoms with Crippen molar-refractivity contribution in [1.82, 2.24) is 0 Å². The van der Waals surface area contributed by atoms with Gasteiger partial charge in [-0.2, -0.15) is 0 Å². The molecule has 2 N–H and O–H groups in total. The highest BCUT2D eigenvalue weighted by Gasteiger charge is 2.42. The van der Waals surface area contributed by atoms with E-state index in [0.717, 1.165) is 5.56 Å². The van der Waals surface area contributed by atoms with Crippen molar-refractivity contribution in [2.75, 3.05) is 5.73 Å². The van der Waals surface area contributed by atoms with E-state index in [9.17, 15) is 9.59 Å². The van der Waals surface area contributed by atoms with Gasteiger partial charge in [-0.15, -0.1) is 0 Å². The van der Waals surface area contributed by atoms with E-state index in [4.69, 9.17) is 15.2 Å². The van der Waals surface area contributed by atoms with Crippen molar-refractivity contribution < 1.29 is 19.1 Å². The van der Waals surface area contributed by atoms with Crippen molar-refractivity contribution in [3.05, 3.63) is 29.8 Å². The Kier molecular flexibility index (Phi) is 2.98. The number of hydrogen-bond donors (Lipinski definition) is 1. The normalized spacial score (nSPS) is 19.2. The van der Waals surface area contributed by atoms with Gasteiger partial charge in [0.05, 0.1) is 0 Å². The number of ether oxygens (including phenoxy) is 2. The van der Waals surface area contributed by atoms with Crippen LogP contribution in [0.1, 0.15) is 19.4 Å². The zero-order valence-corrected chi connectivity index (χ0v) is 10.3. The number of hydrogen-bond acceptors (Lipinski definition) is 5. The minimum absolute atomic E-state index is 0.258. The summed E-state index contributed by atoms with van der Waals surface area (Å²) in [5, 5.41) is 0. The van der Waals surface area contributed by atoms with Gasteiger partial charge in [0.1, 0.15) is 0 Å². The summed E-state index contributed by atoms with van der Waals surface area (Å²) in [6.45, 7) is 3.06. The van der Waals surface area contributed by atoms with E-state index < -0.39 is 23.6 Å². The Bertz CT molecular complexity index is 458. The number of esters is 2. The summed E-state index contributed by atoms with van der Waals surface area (Å²) in [6.07, 6.45) is 0.258. The van der Waals surface area contributed by atoms with Gasteiger partial charge >= 0.3 is 11.9 Å². The van der Waals surface area contributed by atoms with Crippen LogP contribution in [0.25, 0.3) is 0 Å². The van der Waals surface area contributed by atoms with Gasteiger partial charge < -0.3 is 15.2 Å². The molecule has 0 bridgehead atoms. The van der Waals surface area contributed by atoms with Crippen LogP contribution in [-0.4, -0.2) is 17.7 Å². The Morgan fingerprint density at radius 1 is 1.11 bits per heavy atom. The topological polar surface area (TPSA) is 78.6 Å². The number of cyclic esters (lactones) is 2. The number of carbonyl (C=O) groups is 2. The zero-order chi connectivity index (χ0) is 13.3. The summed E-state index contributed by atoms with van der Waals surface area (Å²) < 4.78 is 10.1. The SMILES string of the molecule is CC1(C)OC(=O)C(Cc2ccc(N)cc2)C(=O)O1. The second-order valence-corrected chi connectivity index (χ2v) is 4.74. The molecule has 0 atom stereocenters. The molecule has 1 saturated heterocycles. The molecular formula is C13H15NO4. The van der Waals surface area contributed by atoms with Gasteiger partial charge in [-0.3, -0.25) is 9.59 Å². The van der Waals surface area contributed by atoms with Gasteiger partial charge in [-0.25, -0.2) is 0 Å². The minimum atomic E-state index is -1.17. The molecule has 0 spiro atoms. The van der Waals surface area contributed by atoms with Crippen LogP contribution in [0.15, 0.2) is 24.3 Å². The second kappa shape index (κ2) is 4.33. The van der Waals surface area contributed by atoms with E-state index in [1.165, 1.54) is 13.8 Å². The maximum Gasteiger partial charge on any atom is 0.323 e. The van der Waals surface area contributed by atoms with Crippen LogP contribution in [0.2, 0.25) is 0 Å². The Balaban J connectivity index is 2.12. The van der Waals surface area contributed by atoms with Gasteiger partial charge in [0.25, 0.3) is 5.79 Å².